The van der Waals surface area contributed by atoms with Crippen LogP contribution in [-0.2, 0) is 13.2 Å². The van der Waals surface area contributed by atoms with E-state index in [1.165, 1.54) is 6.07 Å². The molecule has 18 heavy (non-hydrogen) atoms. The van der Waals surface area contributed by atoms with E-state index >= 15 is 0 Å². The molecule has 1 rings (SSSR count). The minimum absolute atomic E-state index is 0.282. The van der Waals surface area contributed by atoms with Crippen LogP contribution in [0.15, 0.2) is 23.2 Å². The Morgan fingerprint density at radius 1 is 1.39 bits per heavy atom. The van der Waals surface area contributed by atoms with Gasteiger partial charge >= 0.3 is 0 Å². The molecule has 0 atom stereocenters. The number of hydrogen-bond acceptors (Lipinski definition) is 2. The zero-order valence-corrected chi connectivity index (χ0v) is 10.9. The molecule has 0 bridgehead atoms. The number of aliphatic imine (C=N–C) groups is 1. The van der Waals surface area contributed by atoms with Gasteiger partial charge in [0, 0.05) is 18.7 Å². The quantitative estimate of drug-likeness (QED) is 0.617. The minimum atomic E-state index is -0.401. The number of guanidine groups is 1. The highest BCUT2D eigenvalue weighted by Gasteiger charge is 2.04. The summed E-state index contributed by atoms with van der Waals surface area (Å²) in [7, 11) is 0. The fourth-order valence-electron chi connectivity index (χ4n) is 1.67. The number of rotatable bonds is 5. The normalized spacial score (nSPS) is 11.7. The Labute approximate surface area is 107 Å². The number of nitrogens with zero attached hydrogens (tertiary/aromatic N) is 2. The lowest BCUT2D eigenvalue weighted by molar-refractivity contribution is 0.275. The van der Waals surface area contributed by atoms with Crippen LogP contribution in [0.3, 0.4) is 0 Å². The molecule has 1 aromatic rings. The van der Waals surface area contributed by atoms with Gasteiger partial charge in [-0.15, -0.1) is 0 Å². The molecule has 0 aliphatic carbocycles. The van der Waals surface area contributed by atoms with Gasteiger partial charge in [-0.25, -0.2) is 9.38 Å². The van der Waals surface area contributed by atoms with Crippen molar-refractivity contribution in [2.45, 2.75) is 27.0 Å². The number of aliphatic hydroxyl groups is 1. The Bertz CT molecular complexity index is 417. The third-order valence-electron chi connectivity index (χ3n) is 2.79. The summed E-state index contributed by atoms with van der Waals surface area (Å²) in [5, 5.41) is 8.98. The standard InChI is InChI=1S/C13H20FN3O/c1-3-17(4-2)13(15)16-8-10-5-6-12(14)11(7-10)9-18/h5-7,18H,3-4,8-9H2,1-2H3,(H2,15,16). The number of aliphatic hydroxyl groups excluding tert-OH is 1. The van der Waals surface area contributed by atoms with Crippen LogP contribution in [0.25, 0.3) is 0 Å². The van der Waals surface area contributed by atoms with Crippen LogP contribution >= 0.6 is 0 Å². The highest BCUT2D eigenvalue weighted by atomic mass is 19.1. The van der Waals surface area contributed by atoms with Gasteiger partial charge in [0.25, 0.3) is 0 Å². The molecule has 4 nitrogen and oxygen atoms in total. The Balaban J connectivity index is 2.76. The van der Waals surface area contributed by atoms with Gasteiger partial charge < -0.3 is 15.7 Å². The summed E-state index contributed by atoms with van der Waals surface area (Å²) in [6.45, 7) is 5.69. The van der Waals surface area contributed by atoms with Crippen LogP contribution < -0.4 is 5.73 Å². The lowest BCUT2D eigenvalue weighted by atomic mass is 10.1. The first-order valence-corrected chi connectivity index (χ1v) is 6.05. The van der Waals surface area contributed by atoms with Gasteiger partial charge in [-0.1, -0.05) is 6.07 Å². The molecule has 0 saturated heterocycles. The predicted octanol–water partition coefficient (Wildman–Crippen LogP) is 1.47. The SMILES string of the molecule is CCN(CC)C(N)=NCc1ccc(F)c(CO)c1. The highest BCUT2D eigenvalue weighted by Crippen LogP contribution is 2.11. The molecule has 0 unspecified atom stereocenters. The number of hydrogen-bond donors (Lipinski definition) is 2. The van der Waals surface area contributed by atoms with Crippen molar-refractivity contribution in [3.05, 3.63) is 35.1 Å². The lowest BCUT2D eigenvalue weighted by Crippen LogP contribution is -2.37. The van der Waals surface area contributed by atoms with Crippen LogP contribution in [-0.4, -0.2) is 29.1 Å². The molecular weight excluding hydrogens is 233 g/mol. The smallest absolute Gasteiger partial charge is 0.191 e. The van der Waals surface area contributed by atoms with E-state index in [-0.39, 0.29) is 12.2 Å². The molecule has 0 aromatic heterocycles. The molecule has 0 aliphatic rings. The maximum atomic E-state index is 13.2. The van der Waals surface area contributed by atoms with E-state index in [1.54, 1.807) is 12.1 Å². The maximum Gasteiger partial charge on any atom is 0.191 e. The van der Waals surface area contributed by atoms with Crippen molar-refractivity contribution < 1.29 is 9.50 Å². The van der Waals surface area contributed by atoms with Gasteiger partial charge in [-0.3, -0.25) is 0 Å². The van der Waals surface area contributed by atoms with Crippen molar-refractivity contribution in [2.24, 2.45) is 10.7 Å². The van der Waals surface area contributed by atoms with Crippen molar-refractivity contribution in [3.63, 3.8) is 0 Å². The Hall–Kier alpha value is -1.62. The zero-order valence-electron chi connectivity index (χ0n) is 10.9. The average molecular weight is 253 g/mol. The minimum Gasteiger partial charge on any atom is -0.392 e. The molecule has 1 aromatic carbocycles. The van der Waals surface area contributed by atoms with Crippen molar-refractivity contribution in [1.29, 1.82) is 0 Å². The average Bonchev–Trinajstić information content (AvgIpc) is 2.39. The summed E-state index contributed by atoms with van der Waals surface area (Å²) in [4.78, 5) is 6.20. The first-order valence-electron chi connectivity index (χ1n) is 6.05. The number of benzene rings is 1. The van der Waals surface area contributed by atoms with E-state index in [4.69, 9.17) is 10.8 Å². The van der Waals surface area contributed by atoms with E-state index < -0.39 is 5.82 Å². The summed E-state index contributed by atoms with van der Waals surface area (Å²) in [5.74, 6) is 0.0804. The first-order chi connectivity index (χ1) is 8.62. The predicted molar refractivity (Wildman–Crippen MR) is 70.6 cm³/mol. The fraction of sp³-hybridized carbons (Fsp3) is 0.462. The van der Waals surface area contributed by atoms with Gasteiger partial charge in [-0.2, -0.15) is 0 Å². The lowest BCUT2D eigenvalue weighted by Gasteiger charge is -2.19. The second-order valence-corrected chi connectivity index (χ2v) is 3.93. The molecule has 100 valence electrons. The van der Waals surface area contributed by atoms with Crippen LogP contribution in [0, 0.1) is 5.82 Å². The van der Waals surface area contributed by atoms with Crippen LogP contribution in [0.2, 0.25) is 0 Å². The van der Waals surface area contributed by atoms with Gasteiger partial charge in [0.2, 0.25) is 0 Å². The first kappa shape index (κ1) is 14.4. The van der Waals surface area contributed by atoms with E-state index in [2.05, 4.69) is 4.99 Å². The van der Waals surface area contributed by atoms with Gasteiger partial charge in [0.1, 0.15) is 5.82 Å². The summed E-state index contributed by atoms with van der Waals surface area (Å²) < 4.78 is 13.2. The highest BCUT2D eigenvalue weighted by molar-refractivity contribution is 5.77. The van der Waals surface area contributed by atoms with Gasteiger partial charge in [-0.05, 0) is 31.5 Å². The van der Waals surface area contributed by atoms with Crippen LogP contribution in [0.1, 0.15) is 25.0 Å². The molecule has 0 fully saturated rings. The van der Waals surface area contributed by atoms with Crippen molar-refractivity contribution in [1.82, 2.24) is 4.90 Å². The molecule has 0 saturated carbocycles. The third kappa shape index (κ3) is 3.70. The van der Waals surface area contributed by atoms with E-state index in [9.17, 15) is 4.39 Å². The van der Waals surface area contributed by atoms with Crippen LogP contribution in [0.5, 0.6) is 0 Å². The zero-order chi connectivity index (χ0) is 13.5. The van der Waals surface area contributed by atoms with Crippen molar-refractivity contribution in [2.75, 3.05) is 13.1 Å². The molecule has 0 spiro atoms. The third-order valence-corrected chi connectivity index (χ3v) is 2.79. The van der Waals surface area contributed by atoms with E-state index in [0.717, 1.165) is 18.7 Å². The Kier molecular flexibility index (Phi) is 5.58. The Morgan fingerprint density at radius 2 is 2.06 bits per heavy atom. The maximum absolute atomic E-state index is 13.2. The van der Waals surface area contributed by atoms with Gasteiger partial charge in [0.15, 0.2) is 5.96 Å². The molecule has 0 heterocycles. The molecular formula is C13H20FN3O. The summed E-state index contributed by atoms with van der Waals surface area (Å²) >= 11 is 0. The topological polar surface area (TPSA) is 61.8 Å². The summed E-state index contributed by atoms with van der Waals surface area (Å²) in [5.41, 5.74) is 6.95. The molecule has 0 amide bonds. The van der Waals surface area contributed by atoms with E-state index in [1.807, 2.05) is 18.7 Å². The molecule has 3 N–H and O–H groups in total. The number of nitrogens with two attached hydrogens (primary N) is 1. The monoisotopic (exact) mass is 253 g/mol. The molecule has 5 heteroatoms. The van der Waals surface area contributed by atoms with Gasteiger partial charge in [0.05, 0.1) is 13.2 Å². The summed E-state index contributed by atoms with van der Waals surface area (Å²) in [6.07, 6.45) is 0. The van der Waals surface area contributed by atoms with E-state index in [0.29, 0.717) is 12.5 Å². The van der Waals surface area contributed by atoms with Crippen molar-refractivity contribution in [3.8, 4) is 0 Å². The van der Waals surface area contributed by atoms with Crippen LogP contribution in [0.4, 0.5) is 4.39 Å². The second-order valence-electron chi connectivity index (χ2n) is 3.93. The van der Waals surface area contributed by atoms with Crippen molar-refractivity contribution >= 4 is 5.96 Å². The largest absolute Gasteiger partial charge is 0.392 e. The second kappa shape index (κ2) is 6.96. The summed E-state index contributed by atoms with van der Waals surface area (Å²) in [6, 6.07) is 4.59. The fourth-order valence-corrected chi connectivity index (χ4v) is 1.67. The number of halogens is 1. The molecule has 0 radical (unpaired) electrons. The molecule has 0 aliphatic heterocycles. The Morgan fingerprint density at radius 3 is 2.61 bits per heavy atom.